The molecule has 2 rings (SSSR count). The van der Waals surface area contributed by atoms with Crippen molar-refractivity contribution in [1.29, 1.82) is 0 Å². The molecule has 0 amide bonds. The van der Waals surface area contributed by atoms with Crippen molar-refractivity contribution in [3.8, 4) is 0 Å². The van der Waals surface area contributed by atoms with Crippen molar-refractivity contribution in [1.82, 2.24) is 5.32 Å². The normalized spacial score (nSPS) is 57.0. The van der Waals surface area contributed by atoms with Gasteiger partial charge < -0.3 is 5.32 Å². The van der Waals surface area contributed by atoms with Crippen LogP contribution in [-0.4, -0.2) is 12.1 Å². The Morgan fingerprint density at radius 2 is 2.29 bits per heavy atom. The predicted octanol–water partition coefficient (Wildman–Crippen LogP) is 0.757. The molecule has 3 unspecified atom stereocenters. The van der Waals surface area contributed by atoms with Gasteiger partial charge in [0.25, 0.3) is 0 Å². The molecular weight excluding hydrogens is 86.1 g/mol. The van der Waals surface area contributed by atoms with Crippen molar-refractivity contribution in [2.24, 2.45) is 5.92 Å². The van der Waals surface area contributed by atoms with E-state index < -0.39 is 0 Å². The summed E-state index contributed by atoms with van der Waals surface area (Å²) in [4.78, 5) is 0. The highest BCUT2D eigenvalue weighted by Crippen LogP contribution is 2.35. The van der Waals surface area contributed by atoms with Gasteiger partial charge in [0.05, 0.1) is 0 Å². The van der Waals surface area contributed by atoms with Crippen LogP contribution in [0.4, 0.5) is 0 Å². The van der Waals surface area contributed by atoms with Crippen LogP contribution in [0.1, 0.15) is 19.8 Å². The Hall–Kier alpha value is -0.0400. The molecule has 0 bridgehead atoms. The van der Waals surface area contributed by atoms with Gasteiger partial charge in [0, 0.05) is 12.1 Å². The first kappa shape index (κ1) is 3.90. The van der Waals surface area contributed by atoms with Crippen LogP contribution in [0, 0.1) is 5.92 Å². The van der Waals surface area contributed by atoms with Crippen molar-refractivity contribution < 1.29 is 0 Å². The Morgan fingerprint density at radius 3 is 2.43 bits per heavy atom. The van der Waals surface area contributed by atoms with Gasteiger partial charge in [0.1, 0.15) is 0 Å². The van der Waals surface area contributed by atoms with Crippen LogP contribution < -0.4 is 5.32 Å². The first-order valence-corrected chi connectivity index (χ1v) is 3.14. The third kappa shape index (κ3) is 0.418. The molecule has 40 valence electrons. The number of piperidine rings is 1. The van der Waals surface area contributed by atoms with Gasteiger partial charge >= 0.3 is 0 Å². The molecule has 7 heavy (non-hydrogen) atoms. The Kier molecular flexibility index (Phi) is 0.571. The third-order valence-electron chi connectivity index (χ3n) is 2.28. The quantitative estimate of drug-likeness (QED) is 0.443. The molecule has 0 aromatic heterocycles. The molecule has 1 nitrogen and oxygen atoms in total. The summed E-state index contributed by atoms with van der Waals surface area (Å²) in [6, 6.07) is 1.87. The second-order valence-corrected chi connectivity index (χ2v) is 2.85. The van der Waals surface area contributed by atoms with Crippen molar-refractivity contribution >= 4 is 0 Å². The highest BCUT2D eigenvalue weighted by atomic mass is 15.2. The zero-order valence-electron chi connectivity index (χ0n) is 4.65. The fraction of sp³-hybridized carbons (Fsp3) is 1.00. The molecule has 1 heterocycles. The summed E-state index contributed by atoms with van der Waals surface area (Å²) in [7, 11) is 0. The second kappa shape index (κ2) is 1.03. The number of fused-ring (bicyclic) bond motifs is 1. The van der Waals surface area contributed by atoms with Crippen LogP contribution in [-0.2, 0) is 0 Å². The third-order valence-corrected chi connectivity index (χ3v) is 2.28. The van der Waals surface area contributed by atoms with Gasteiger partial charge in [0.2, 0.25) is 0 Å². The molecule has 1 aliphatic heterocycles. The van der Waals surface area contributed by atoms with Crippen LogP contribution in [0.2, 0.25) is 0 Å². The molecule has 1 saturated carbocycles. The summed E-state index contributed by atoms with van der Waals surface area (Å²) in [5.41, 5.74) is 0. The first-order valence-electron chi connectivity index (χ1n) is 3.14. The Morgan fingerprint density at radius 1 is 1.43 bits per heavy atom. The topological polar surface area (TPSA) is 21.9 Å². The monoisotopic (exact) mass is 97.1 g/mol. The van der Waals surface area contributed by atoms with Gasteiger partial charge in [0.15, 0.2) is 0 Å². The summed E-state index contributed by atoms with van der Waals surface area (Å²) in [6.45, 7) is 2.34. The van der Waals surface area contributed by atoms with Gasteiger partial charge in [-0.25, -0.2) is 0 Å². The summed E-state index contributed by atoms with van der Waals surface area (Å²) in [5.74, 6) is 0.977. The van der Waals surface area contributed by atoms with E-state index in [1.54, 1.807) is 0 Å². The maximum Gasteiger partial charge on any atom is 0.0250 e. The minimum absolute atomic E-state index is 0.931. The smallest absolute Gasteiger partial charge is 0.0250 e. The minimum Gasteiger partial charge on any atom is -0.308 e. The standard InChI is InChI=1S/C6H11N/c1-4-2-3-5-6(4)7-5/h4-7H,2-3H2,1H3. The van der Waals surface area contributed by atoms with E-state index in [0.717, 1.165) is 18.0 Å². The largest absolute Gasteiger partial charge is 0.308 e. The molecular formula is C6H11N. The summed E-state index contributed by atoms with van der Waals surface area (Å²) in [5, 5.41) is 3.42. The summed E-state index contributed by atoms with van der Waals surface area (Å²) >= 11 is 0. The van der Waals surface area contributed by atoms with Crippen molar-refractivity contribution in [3.05, 3.63) is 0 Å². The number of nitrogens with one attached hydrogen (secondary N) is 1. The fourth-order valence-corrected chi connectivity index (χ4v) is 1.64. The molecule has 0 aromatic carbocycles. The van der Waals surface area contributed by atoms with E-state index in [1.165, 1.54) is 12.8 Å². The molecule has 1 saturated heterocycles. The Labute approximate surface area is 44.1 Å². The van der Waals surface area contributed by atoms with E-state index in [9.17, 15) is 0 Å². The van der Waals surface area contributed by atoms with Gasteiger partial charge in [-0.1, -0.05) is 6.92 Å². The molecule has 2 fully saturated rings. The van der Waals surface area contributed by atoms with Crippen LogP contribution in [0.5, 0.6) is 0 Å². The lowest BCUT2D eigenvalue weighted by atomic mass is 10.1. The lowest BCUT2D eigenvalue weighted by Crippen LogP contribution is -2.01. The van der Waals surface area contributed by atoms with Gasteiger partial charge in [-0.05, 0) is 18.8 Å². The summed E-state index contributed by atoms with van der Waals surface area (Å²) in [6.07, 6.45) is 2.90. The van der Waals surface area contributed by atoms with Crippen LogP contribution >= 0.6 is 0 Å². The van der Waals surface area contributed by atoms with Crippen LogP contribution in [0.15, 0.2) is 0 Å². The lowest BCUT2D eigenvalue weighted by Gasteiger charge is -1.98. The maximum atomic E-state index is 3.42. The average Bonchev–Trinajstić information content (AvgIpc) is 2.33. The van der Waals surface area contributed by atoms with E-state index in [4.69, 9.17) is 0 Å². The zero-order valence-corrected chi connectivity index (χ0v) is 4.65. The zero-order chi connectivity index (χ0) is 4.85. The Balaban J connectivity index is 2.08. The highest BCUT2D eigenvalue weighted by molar-refractivity contribution is 5.06. The predicted molar refractivity (Wildman–Crippen MR) is 29.1 cm³/mol. The van der Waals surface area contributed by atoms with E-state index in [-0.39, 0.29) is 0 Å². The molecule has 1 heteroatoms. The number of rotatable bonds is 0. The molecule has 1 N–H and O–H groups in total. The van der Waals surface area contributed by atoms with Crippen molar-refractivity contribution in [2.75, 3.05) is 0 Å². The molecule has 0 aromatic rings. The van der Waals surface area contributed by atoms with Crippen molar-refractivity contribution in [3.63, 3.8) is 0 Å². The fourth-order valence-electron chi connectivity index (χ4n) is 1.64. The number of hydrogen-bond donors (Lipinski definition) is 1. The van der Waals surface area contributed by atoms with Crippen LogP contribution in [0.3, 0.4) is 0 Å². The van der Waals surface area contributed by atoms with E-state index in [0.29, 0.717) is 0 Å². The lowest BCUT2D eigenvalue weighted by molar-refractivity contribution is 0.559. The average molecular weight is 97.2 g/mol. The van der Waals surface area contributed by atoms with E-state index in [1.807, 2.05) is 0 Å². The molecule has 0 spiro atoms. The Bertz CT molecular complexity index is 90.2. The molecule has 2 aliphatic rings. The summed E-state index contributed by atoms with van der Waals surface area (Å²) < 4.78 is 0. The minimum atomic E-state index is 0.931. The SMILES string of the molecule is CC1CCC2NC12. The van der Waals surface area contributed by atoms with E-state index in [2.05, 4.69) is 12.2 Å². The van der Waals surface area contributed by atoms with E-state index >= 15 is 0 Å². The maximum absolute atomic E-state index is 3.42. The van der Waals surface area contributed by atoms with Crippen LogP contribution in [0.25, 0.3) is 0 Å². The number of hydrogen-bond acceptors (Lipinski definition) is 1. The first-order chi connectivity index (χ1) is 3.38. The van der Waals surface area contributed by atoms with Gasteiger partial charge in [-0.2, -0.15) is 0 Å². The highest BCUT2D eigenvalue weighted by Gasteiger charge is 2.44. The second-order valence-electron chi connectivity index (χ2n) is 2.85. The molecule has 3 atom stereocenters. The molecule has 0 radical (unpaired) electrons. The van der Waals surface area contributed by atoms with Crippen molar-refractivity contribution in [2.45, 2.75) is 31.8 Å². The molecule has 1 aliphatic carbocycles. The van der Waals surface area contributed by atoms with Gasteiger partial charge in [-0.3, -0.25) is 0 Å². The van der Waals surface area contributed by atoms with Gasteiger partial charge in [-0.15, -0.1) is 0 Å².